The summed E-state index contributed by atoms with van der Waals surface area (Å²) in [6, 6.07) is 0. The van der Waals surface area contributed by atoms with E-state index in [0.717, 1.165) is 56.5 Å². The van der Waals surface area contributed by atoms with E-state index >= 15 is 0 Å². The van der Waals surface area contributed by atoms with E-state index in [9.17, 15) is 0 Å². The molecular formula is C13H20BrN3O. The van der Waals surface area contributed by atoms with Crippen molar-refractivity contribution in [3.05, 3.63) is 16.1 Å². The van der Waals surface area contributed by atoms with Crippen LogP contribution in [0, 0.1) is 5.92 Å². The van der Waals surface area contributed by atoms with Gasteiger partial charge in [-0.25, -0.2) is 4.98 Å². The highest BCUT2D eigenvalue weighted by Crippen LogP contribution is 2.27. The Morgan fingerprint density at radius 3 is 2.89 bits per heavy atom. The third-order valence-corrected chi connectivity index (χ3v) is 4.58. The molecule has 0 bridgehead atoms. The molecule has 1 saturated heterocycles. The standard InChI is InChI=1S/C13H20BrN3O/c1-10-2-3-17-12(8-10)11(15-13(17)14)9-16-4-6-18-7-5-16/h10H,2-9H2,1H3. The Morgan fingerprint density at radius 1 is 1.33 bits per heavy atom. The van der Waals surface area contributed by atoms with Crippen molar-refractivity contribution in [3.63, 3.8) is 0 Å². The van der Waals surface area contributed by atoms with Crippen LogP contribution < -0.4 is 0 Å². The summed E-state index contributed by atoms with van der Waals surface area (Å²) in [5, 5.41) is 0. The number of ether oxygens (including phenoxy) is 1. The SMILES string of the molecule is CC1CCn2c(Br)nc(CN3CCOCC3)c2C1. The monoisotopic (exact) mass is 313 g/mol. The maximum absolute atomic E-state index is 5.40. The Bertz CT molecular complexity index is 426. The van der Waals surface area contributed by atoms with E-state index in [-0.39, 0.29) is 0 Å². The van der Waals surface area contributed by atoms with E-state index in [1.54, 1.807) is 0 Å². The molecular weight excluding hydrogens is 294 g/mol. The molecule has 0 amide bonds. The van der Waals surface area contributed by atoms with Gasteiger partial charge in [0.05, 0.1) is 18.9 Å². The predicted molar refractivity (Wildman–Crippen MR) is 73.5 cm³/mol. The molecule has 1 aromatic rings. The van der Waals surface area contributed by atoms with Gasteiger partial charge in [0.15, 0.2) is 4.73 Å². The normalized spacial score (nSPS) is 25.1. The number of hydrogen-bond acceptors (Lipinski definition) is 3. The Labute approximate surface area is 116 Å². The molecule has 0 aromatic carbocycles. The van der Waals surface area contributed by atoms with Gasteiger partial charge in [-0.2, -0.15) is 0 Å². The van der Waals surface area contributed by atoms with E-state index in [1.165, 1.54) is 17.8 Å². The summed E-state index contributed by atoms with van der Waals surface area (Å²) in [7, 11) is 0. The van der Waals surface area contributed by atoms with Gasteiger partial charge in [0.1, 0.15) is 0 Å². The fourth-order valence-electron chi connectivity index (χ4n) is 2.84. The summed E-state index contributed by atoms with van der Waals surface area (Å²) in [6.07, 6.45) is 2.43. The summed E-state index contributed by atoms with van der Waals surface area (Å²) in [6.45, 7) is 8.17. The van der Waals surface area contributed by atoms with Crippen LogP contribution in [0.2, 0.25) is 0 Å². The largest absolute Gasteiger partial charge is 0.379 e. The van der Waals surface area contributed by atoms with Crippen LogP contribution >= 0.6 is 15.9 Å². The van der Waals surface area contributed by atoms with E-state index in [2.05, 4.69) is 32.3 Å². The summed E-state index contributed by atoms with van der Waals surface area (Å²) in [4.78, 5) is 7.16. The third-order valence-electron chi connectivity index (χ3n) is 3.97. The molecule has 1 unspecified atom stereocenters. The molecule has 2 aliphatic rings. The molecule has 18 heavy (non-hydrogen) atoms. The number of fused-ring (bicyclic) bond motifs is 1. The van der Waals surface area contributed by atoms with Crippen LogP contribution in [0.15, 0.2) is 4.73 Å². The van der Waals surface area contributed by atoms with Crippen molar-refractivity contribution in [1.82, 2.24) is 14.5 Å². The number of morpholine rings is 1. The van der Waals surface area contributed by atoms with Crippen molar-refractivity contribution in [2.24, 2.45) is 5.92 Å². The molecule has 100 valence electrons. The first-order chi connectivity index (χ1) is 8.74. The fraction of sp³-hybridized carbons (Fsp3) is 0.769. The maximum Gasteiger partial charge on any atom is 0.177 e. The molecule has 1 aromatic heterocycles. The van der Waals surface area contributed by atoms with Gasteiger partial charge in [0, 0.05) is 31.9 Å². The molecule has 1 atom stereocenters. The lowest BCUT2D eigenvalue weighted by Gasteiger charge is -2.27. The number of halogens is 1. The van der Waals surface area contributed by atoms with Crippen molar-refractivity contribution in [3.8, 4) is 0 Å². The molecule has 0 N–H and O–H groups in total. The first-order valence-corrected chi connectivity index (χ1v) is 7.57. The van der Waals surface area contributed by atoms with Crippen LogP contribution in [0.5, 0.6) is 0 Å². The molecule has 5 heteroatoms. The van der Waals surface area contributed by atoms with Crippen LogP contribution in [-0.2, 0) is 24.2 Å². The van der Waals surface area contributed by atoms with Crippen LogP contribution in [0.1, 0.15) is 24.7 Å². The maximum atomic E-state index is 5.40. The second kappa shape index (κ2) is 5.31. The molecule has 4 nitrogen and oxygen atoms in total. The average Bonchev–Trinajstić information content (AvgIpc) is 2.67. The Morgan fingerprint density at radius 2 is 2.11 bits per heavy atom. The summed E-state index contributed by atoms with van der Waals surface area (Å²) < 4.78 is 8.75. The number of imidazole rings is 1. The topological polar surface area (TPSA) is 30.3 Å². The van der Waals surface area contributed by atoms with Crippen molar-refractivity contribution >= 4 is 15.9 Å². The van der Waals surface area contributed by atoms with E-state index in [0.29, 0.717) is 0 Å². The lowest BCUT2D eigenvalue weighted by Crippen LogP contribution is -2.36. The van der Waals surface area contributed by atoms with Gasteiger partial charge in [-0.15, -0.1) is 0 Å². The molecule has 3 heterocycles. The van der Waals surface area contributed by atoms with Crippen LogP contribution in [0.3, 0.4) is 0 Å². The van der Waals surface area contributed by atoms with Crippen molar-refractivity contribution in [2.75, 3.05) is 26.3 Å². The highest BCUT2D eigenvalue weighted by molar-refractivity contribution is 9.10. The Balaban J connectivity index is 1.79. The molecule has 0 spiro atoms. The van der Waals surface area contributed by atoms with E-state index in [1.807, 2.05) is 0 Å². The minimum atomic E-state index is 0.782. The van der Waals surface area contributed by atoms with Crippen LogP contribution in [0.4, 0.5) is 0 Å². The molecule has 2 aliphatic heterocycles. The third kappa shape index (κ3) is 2.49. The summed E-state index contributed by atoms with van der Waals surface area (Å²) in [5.41, 5.74) is 2.70. The zero-order valence-corrected chi connectivity index (χ0v) is 12.4. The Kier molecular flexibility index (Phi) is 3.73. The number of aromatic nitrogens is 2. The number of hydrogen-bond donors (Lipinski definition) is 0. The summed E-state index contributed by atoms with van der Waals surface area (Å²) >= 11 is 3.60. The number of rotatable bonds is 2. The molecule has 0 saturated carbocycles. The van der Waals surface area contributed by atoms with Crippen LogP contribution in [-0.4, -0.2) is 40.8 Å². The molecule has 3 rings (SSSR count). The fourth-order valence-corrected chi connectivity index (χ4v) is 3.44. The quantitative estimate of drug-likeness (QED) is 0.837. The van der Waals surface area contributed by atoms with E-state index in [4.69, 9.17) is 9.72 Å². The van der Waals surface area contributed by atoms with Gasteiger partial charge in [0.2, 0.25) is 0 Å². The van der Waals surface area contributed by atoms with Crippen molar-refractivity contribution in [1.29, 1.82) is 0 Å². The van der Waals surface area contributed by atoms with Gasteiger partial charge < -0.3 is 9.30 Å². The second-order valence-corrected chi connectivity index (χ2v) is 6.12. The zero-order chi connectivity index (χ0) is 12.5. The second-order valence-electron chi connectivity index (χ2n) is 5.41. The van der Waals surface area contributed by atoms with Gasteiger partial charge in [0.25, 0.3) is 0 Å². The minimum Gasteiger partial charge on any atom is -0.379 e. The predicted octanol–water partition coefficient (Wildman–Crippen LogP) is 2.06. The minimum absolute atomic E-state index is 0.782. The number of nitrogens with zero attached hydrogens (tertiary/aromatic N) is 3. The first kappa shape index (κ1) is 12.6. The zero-order valence-electron chi connectivity index (χ0n) is 10.9. The van der Waals surface area contributed by atoms with Gasteiger partial charge in [-0.1, -0.05) is 6.92 Å². The highest BCUT2D eigenvalue weighted by atomic mass is 79.9. The summed E-state index contributed by atoms with van der Waals surface area (Å²) in [5.74, 6) is 0.782. The van der Waals surface area contributed by atoms with Gasteiger partial charge >= 0.3 is 0 Å². The van der Waals surface area contributed by atoms with Crippen molar-refractivity contribution < 1.29 is 4.74 Å². The van der Waals surface area contributed by atoms with Gasteiger partial charge in [-0.05, 0) is 34.7 Å². The van der Waals surface area contributed by atoms with Gasteiger partial charge in [-0.3, -0.25) is 4.90 Å². The van der Waals surface area contributed by atoms with E-state index < -0.39 is 0 Å². The lowest BCUT2D eigenvalue weighted by molar-refractivity contribution is 0.0335. The average molecular weight is 314 g/mol. The smallest absolute Gasteiger partial charge is 0.177 e. The molecule has 1 fully saturated rings. The van der Waals surface area contributed by atoms with Crippen LogP contribution in [0.25, 0.3) is 0 Å². The first-order valence-electron chi connectivity index (χ1n) is 6.78. The lowest BCUT2D eigenvalue weighted by atomic mass is 9.97. The highest BCUT2D eigenvalue weighted by Gasteiger charge is 2.24. The molecule has 0 radical (unpaired) electrons. The molecule has 0 aliphatic carbocycles. The van der Waals surface area contributed by atoms with Crippen molar-refractivity contribution in [2.45, 2.75) is 32.9 Å². The Hall–Kier alpha value is -0.390.